The molecule has 2 nitrogen and oxygen atoms in total. The van der Waals surface area contributed by atoms with Crippen LogP contribution in [-0.2, 0) is 10.4 Å². The Labute approximate surface area is 89.9 Å². The molecular formula is C13H16O2. The molecule has 0 aliphatic heterocycles. The third-order valence-corrected chi connectivity index (χ3v) is 3.17. The fourth-order valence-electron chi connectivity index (χ4n) is 2.01. The average Bonchev–Trinajstić information content (AvgIpc) is 2.98. The lowest BCUT2D eigenvalue weighted by Gasteiger charge is -2.18. The second kappa shape index (κ2) is 3.78. The van der Waals surface area contributed by atoms with Crippen LogP contribution in [0.15, 0.2) is 24.3 Å². The number of hydrogen-bond acceptors (Lipinski definition) is 2. The van der Waals surface area contributed by atoms with Gasteiger partial charge in [0.25, 0.3) is 0 Å². The smallest absolute Gasteiger partial charge is 0.120 e. The number of aliphatic hydroxyl groups is 1. The van der Waals surface area contributed by atoms with Crippen LogP contribution in [0.25, 0.3) is 0 Å². The first-order valence-electron chi connectivity index (χ1n) is 5.43. The highest BCUT2D eigenvalue weighted by Crippen LogP contribution is 2.47. The van der Waals surface area contributed by atoms with E-state index in [1.165, 1.54) is 0 Å². The van der Waals surface area contributed by atoms with Crippen molar-refractivity contribution < 1.29 is 9.90 Å². The molecular weight excluding hydrogens is 188 g/mol. The highest BCUT2D eigenvalue weighted by Gasteiger charge is 2.43. The van der Waals surface area contributed by atoms with E-state index in [1.807, 2.05) is 31.2 Å². The molecule has 1 atom stereocenters. The normalized spacial score (nSPS) is 19.6. The summed E-state index contributed by atoms with van der Waals surface area (Å²) in [5, 5.41) is 10.1. The quantitative estimate of drug-likeness (QED) is 0.764. The van der Waals surface area contributed by atoms with E-state index in [9.17, 15) is 9.90 Å². The van der Waals surface area contributed by atoms with Crippen LogP contribution in [-0.4, -0.2) is 11.4 Å². The second-order valence-electron chi connectivity index (χ2n) is 4.42. The van der Waals surface area contributed by atoms with Gasteiger partial charge >= 0.3 is 0 Å². The summed E-state index contributed by atoms with van der Waals surface area (Å²) < 4.78 is 0. The van der Waals surface area contributed by atoms with Crippen molar-refractivity contribution in [2.24, 2.45) is 0 Å². The van der Waals surface area contributed by atoms with Crippen molar-refractivity contribution in [3.63, 3.8) is 0 Å². The molecule has 1 N–H and O–H groups in total. The third-order valence-electron chi connectivity index (χ3n) is 3.17. The minimum Gasteiger partial charge on any atom is -0.385 e. The highest BCUT2D eigenvalue weighted by molar-refractivity contribution is 5.52. The van der Waals surface area contributed by atoms with Gasteiger partial charge in [-0.25, -0.2) is 0 Å². The summed E-state index contributed by atoms with van der Waals surface area (Å²) in [6, 6.07) is 7.90. The van der Waals surface area contributed by atoms with Crippen molar-refractivity contribution in [1.82, 2.24) is 0 Å². The van der Waals surface area contributed by atoms with E-state index < -0.39 is 5.60 Å². The maximum atomic E-state index is 10.5. The molecule has 0 radical (unpaired) electrons. The number of hydrogen-bond donors (Lipinski definition) is 1. The summed E-state index contributed by atoms with van der Waals surface area (Å²) in [5.41, 5.74) is 1.53. The van der Waals surface area contributed by atoms with Gasteiger partial charge in [-0.05, 0) is 29.9 Å². The predicted octanol–water partition coefficient (Wildman–Crippen LogP) is 2.36. The van der Waals surface area contributed by atoms with Crippen LogP contribution in [0.1, 0.15) is 43.2 Å². The number of rotatable bonds is 4. The molecule has 0 amide bonds. The largest absolute Gasteiger partial charge is 0.385 e. The Hall–Kier alpha value is -1.15. The van der Waals surface area contributed by atoms with Gasteiger partial charge in [-0.3, -0.25) is 0 Å². The lowest BCUT2D eigenvalue weighted by molar-refractivity contribution is -0.108. The van der Waals surface area contributed by atoms with Crippen molar-refractivity contribution in [2.75, 3.05) is 0 Å². The van der Waals surface area contributed by atoms with Gasteiger partial charge in [-0.2, -0.15) is 0 Å². The number of aldehydes is 1. The Morgan fingerprint density at radius 3 is 2.73 bits per heavy atom. The van der Waals surface area contributed by atoms with Gasteiger partial charge in [0, 0.05) is 6.42 Å². The number of carbonyl (C=O) groups excluding carboxylic acids is 1. The minimum absolute atomic E-state index is 0.198. The second-order valence-corrected chi connectivity index (χ2v) is 4.42. The van der Waals surface area contributed by atoms with Crippen LogP contribution in [0.2, 0.25) is 0 Å². The molecule has 1 aromatic rings. The lowest BCUT2D eigenvalue weighted by Crippen LogP contribution is -2.10. The maximum Gasteiger partial charge on any atom is 0.120 e. The zero-order valence-electron chi connectivity index (χ0n) is 8.94. The van der Waals surface area contributed by atoms with E-state index in [0.29, 0.717) is 6.42 Å². The molecule has 0 saturated heterocycles. The molecule has 1 aromatic carbocycles. The Morgan fingerprint density at radius 1 is 1.47 bits per heavy atom. The van der Waals surface area contributed by atoms with Crippen molar-refractivity contribution in [1.29, 1.82) is 0 Å². The van der Waals surface area contributed by atoms with Crippen LogP contribution in [0, 0.1) is 0 Å². The molecule has 0 aromatic heterocycles. The van der Waals surface area contributed by atoms with Crippen molar-refractivity contribution >= 4 is 6.29 Å². The van der Waals surface area contributed by atoms with E-state index in [1.54, 1.807) is 0 Å². The molecule has 1 unspecified atom stereocenters. The Morgan fingerprint density at radius 2 is 2.13 bits per heavy atom. The predicted molar refractivity (Wildman–Crippen MR) is 58.7 cm³/mol. The molecule has 1 aliphatic carbocycles. The first-order valence-corrected chi connectivity index (χ1v) is 5.43. The third kappa shape index (κ3) is 1.95. The summed E-state index contributed by atoms with van der Waals surface area (Å²) in [5.74, 6) is 0.198. The van der Waals surface area contributed by atoms with Gasteiger partial charge < -0.3 is 9.90 Å². The Bertz CT molecular complexity index is 367. The summed E-state index contributed by atoms with van der Waals surface area (Å²) >= 11 is 0. The van der Waals surface area contributed by atoms with Crippen LogP contribution in [0.5, 0.6) is 0 Å². The summed E-state index contributed by atoms with van der Waals surface area (Å²) in [6.45, 7) is 2.03. The van der Waals surface area contributed by atoms with E-state index in [4.69, 9.17) is 0 Å². The van der Waals surface area contributed by atoms with Gasteiger partial charge in [0.1, 0.15) is 6.29 Å². The van der Waals surface area contributed by atoms with Gasteiger partial charge in [0.05, 0.1) is 5.60 Å². The molecule has 1 fully saturated rings. The van der Waals surface area contributed by atoms with Gasteiger partial charge in [-0.15, -0.1) is 0 Å². The molecule has 15 heavy (non-hydrogen) atoms. The lowest BCUT2D eigenvalue weighted by atomic mass is 9.90. The first kappa shape index (κ1) is 10.4. The van der Waals surface area contributed by atoms with Crippen LogP contribution >= 0.6 is 0 Å². The highest BCUT2D eigenvalue weighted by atomic mass is 16.3. The van der Waals surface area contributed by atoms with E-state index in [2.05, 4.69) is 0 Å². The fourth-order valence-corrected chi connectivity index (χ4v) is 2.01. The molecule has 1 aliphatic rings. The number of carbonyl (C=O) groups is 1. The zero-order valence-corrected chi connectivity index (χ0v) is 8.94. The zero-order chi connectivity index (χ0) is 10.9. The molecule has 2 heteroatoms. The summed E-state index contributed by atoms with van der Waals surface area (Å²) in [4.78, 5) is 10.5. The van der Waals surface area contributed by atoms with Crippen molar-refractivity contribution in [2.45, 2.75) is 37.7 Å². The van der Waals surface area contributed by atoms with Gasteiger partial charge in [0.15, 0.2) is 0 Å². The summed E-state index contributed by atoms with van der Waals surface area (Å²) in [6.07, 6.45) is 3.15. The number of benzene rings is 1. The Balaban J connectivity index is 2.33. The molecule has 80 valence electrons. The monoisotopic (exact) mass is 204 g/mol. The molecule has 0 heterocycles. The molecule has 0 bridgehead atoms. The molecule has 1 saturated carbocycles. The SMILES string of the molecule is CC(CC=O)c1ccccc1C1(O)CC1. The van der Waals surface area contributed by atoms with E-state index >= 15 is 0 Å². The first-order chi connectivity index (χ1) is 7.17. The Kier molecular flexibility index (Phi) is 2.61. The van der Waals surface area contributed by atoms with Crippen molar-refractivity contribution in [3.8, 4) is 0 Å². The maximum absolute atomic E-state index is 10.5. The molecule has 2 rings (SSSR count). The summed E-state index contributed by atoms with van der Waals surface area (Å²) in [7, 11) is 0. The van der Waals surface area contributed by atoms with Gasteiger partial charge in [0.2, 0.25) is 0 Å². The van der Waals surface area contributed by atoms with E-state index in [0.717, 1.165) is 30.3 Å². The van der Waals surface area contributed by atoms with Crippen LogP contribution in [0.3, 0.4) is 0 Å². The standard InChI is InChI=1S/C13H16O2/c1-10(6-9-14)11-4-2-3-5-12(11)13(15)7-8-13/h2-5,9-10,15H,6-8H2,1H3. The van der Waals surface area contributed by atoms with Crippen LogP contribution < -0.4 is 0 Å². The fraction of sp³-hybridized carbons (Fsp3) is 0.462. The van der Waals surface area contributed by atoms with E-state index in [-0.39, 0.29) is 5.92 Å². The average molecular weight is 204 g/mol. The molecule has 0 spiro atoms. The van der Waals surface area contributed by atoms with Crippen LogP contribution in [0.4, 0.5) is 0 Å². The van der Waals surface area contributed by atoms with Crippen molar-refractivity contribution in [3.05, 3.63) is 35.4 Å². The topological polar surface area (TPSA) is 37.3 Å². The minimum atomic E-state index is -0.603. The van der Waals surface area contributed by atoms with Gasteiger partial charge in [-0.1, -0.05) is 31.2 Å².